The average Bonchev–Trinajstić information content (AvgIpc) is 2.81. The van der Waals surface area contributed by atoms with Crippen molar-refractivity contribution < 1.29 is 14.1 Å². The van der Waals surface area contributed by atoms with Gasteiger partial charge in [-0.05, 0) is 24.6 Å². The summed E-state index contributed by atoms with van der Waals surface area (Å²) in [6.07, 6.45) is 0.422. The van der Waals surface area contributed by atoms with Crippen molar-refractivity contribution in [2.75, 3.05) is 6.61 Å². The Morgan fingerprint density at radius 2 is 2.15 bits per heavy atom. The van der Waals surface area contributed by atoms with Crippen molar-refractivity contribution in [3.63, 3.8) is 0 Å². The van der Waals surface area contributed by atoms with Gasteiger partial charge >= 0.3 is 5.97 Å². The lowest BCUT2D eigenvalue weighted by Crippen LogP contribution is -2.07. The highest BCUT2D eigenvalue weighted by atomic mass is 35.5. The van der Waals surface area contributed by atoms with Gasteiger partial charge in [-0.15, -0.1) is 0 Å². The number of carbonyl (C=O) groups excluding carboxylic acids is 1. The predicted molar refractivity (Wildman–Crippen MR) is 73.9 cm³/mol. The monoisotopic (exact) mass is 314 g/mol. The maximum absolute atomic E-state index is 11.3. The molecule has 2 rings (SSSR count). The molecule has 1 aromatic carbocycles. The fraction of sp³-hybridized carbons (Fsp3) is 0.308. The van der Waals surface area contributed by atoms with Gasteiger partial charge in [0.05, 0.1) is 16.7 Å². The first-order valence-electron chi connectivity index (χ1n) is 5.99. The van der Waals surface area contributed by atoms with Gasteiger partial charge in [-0.25, -0.2) is 0 Å². The van der Waals surface area contributed by atoms with Gasteiger partial charge in [0.1, 0.15) is 6.42 Å². The Kier molecular flexibility index (Phi) is 4.98. The normalized spacial score (nSPS) is 10.6. The lowest BCUT2D eigenvalue weighted by molar-refractivity contribution is -0.142. The van der Waals surface area contributed by atoms with Gasteiger partial charge in [-0.3, -0.25) is 4.79 Å². The molecule has 1 heterocycles. The van der Waals surface area contributed by atoms with Gasteiger partial charge < -0.3 is 9.26 Å². The number of hydrogen-bond acceptors (Lipinski definition) is 5. The second kappa shape index (κ2) is 6.72. The molecule has 0 atom stereocenters. The van der Waals surface area contributed by atoms with E-state index in [2.05, 4.69) is 10.1 Å². The van der Waals surface area contributed by atoms with Crippen LogP contribution < -0.4 is 0 Å². The second-order valence-corrected chi connectivity index (χ2v) is 4.83. The van der Waals surface area contributed by atoms with E-state index >= 15 is 0 Å². The molecule has 5 nitrogen and oxygen atoms in total. The van der Waals surface area contributed by atoms with Gasteiger partial charge in [-0.1, -0.05) is 34.4 Å². The highest BCUT2D eigenvalue weighted by Crippen LogP contribution is 2.23. The van der Waals surface area contributed by atoms with Crippen LogP contribution in [0.2, 0.25) is 10.0 Å². The van der Waals surface area contributed by atoms with Crippen LogP contribution in [0.4, 0.5) is 0 Å². The highest BCUT2D eigenvalue weighted by Gasteiger charge is 2.12. The molecule has 1 aromatic heterocycles. The van der Waals surface area contributed by atoms with E-state index in [1.165, 1.54) is 0 Å². The molecule has 0 unspecified atom stereocenters. The fourth-order valence-corrected chi connectivity index (χ4v) is 1.92. The first-order valence-corrected chi connectivity index (χ1v) is 6.75. The summed E-state index contributed by atoms with van der Waals surface area (Å²) in [7, 11) is 0. The zero-order chi connectivity index (χ0) is 14.5. The molecule has 0 aliphatic heterocycles. The van der Waals surface area contributed by atoms with Crippen LogP contribution in [0.3, 0.4) is 0 Å². The molecule has 0 aliphatic rings. The van der Waals surface area contributed by atoms with Crippen LogP contribution in [0.25, 0.3) is 0 Å². The maximum Gasteiger partial charge on any atom is 0.315 e. The van der Waals surface area contributed by atoms with Crippen LogP contribution in [0.5, 0.6) is 0 Å². The zero-order valence-electron chi connectivity index (χ0n) is 10.7. The molecule has 106 valence electrons. The molecule has 0 aliphatic carbocycles. The van der Waals surface area contributed by atoms with E-state index in [4.69, 9.17) is 32.5 Å². The molecule has 7 heteroatoms. The summed E-state index contributed by atoms with van der Waals surface area (Å²) in [5.74, 6) is 0.318. The van der Waals surface area contributed by atoms with Crippen molar-refractivity contribution in [3.05, 3.63) is 45.5 Å². The number of carbonyl (C=O) groups is 1. The van der Waals surface area contributed by atoms with E-state index in [0.717, 1.165) is 5.56 Å². The summed E-state index contributed by atoms with van der Waals surface area (Å²) < 4.78 is 9.79. The van der Waals surface area contributed by atoms with Crippen LogP contribution in [-0.2, 0) is 22.4 Å². The Morgan fingerprint density at radius 3 is 2.85 bits per heavy atom. The molecule has 20 heavy (non-hydrogen) atoms. The molecule has 0 fully saturated rings. The highest BCUT2D eigenvalue weighted by molar-refractivity contribution is 6.42. The van der Waals surface area contributed by atoms with Gasteiger partial charge in [-0.2, -0.15) is 4.98 Å². The van der Waals surface area contributed by atoms with E-state index in [1.807, 2.05) is 6.07 Å². The molecular formula is C13H12Cl2N2O3. The number of benzene rings is 1. The maximum atomic E-state index is 11.3. The Hall–Kier alpha value is -1.59. The Morgan fingerprint density at radius 1 is 1.35 bits per heavy atom. The summed E-state index contributed by atoms with van der Waals surface area (Å²) in [4.78, 5) is 15.4. The number of halogens is 2. The third-order valence-corrected chi connectivity index (χ3v) is 3.20. The molecule has 2 aromatic rings. The summed E-state index contributed by atoms with van der Waals surface area (Å²) in [6.45, 7) is 2.06. The Bertz CT molecular complexity index is 613. The molecule has 0 saturated heterocycles. The molecule has 0 N–H and O–H groups in total. The number of aromatic nitrogens is 2. The number of esters is 1. The molecule has 0 spiro atoms. The van der Waals surface area contributed by atoms with Gasteiger partial charge in [0.2, 0.25) is 5.89 Å². The number of nitrogens with zero attached hydrogens (tertiary/aromatic N) is 2. The Balaban J connectivity index is 2.02. The average molecular weight is 315 g/mol. The minimum absolute atomic E-state index is 0.0256. The zero-order valence-corrected chi connectivity index (χ0v) is 12.2. The van der Waals surface area contributed by atoms with Crippen LogP contribution >= 0.6 is 23.2 Å². The Labute approximate surface area is 125 Å². The largest absolute Gasteiger partial charge is 0.466 e. The SMILES string of the molecule is CCOC(=O)Cc1nc(Cc2ccc(Cl)c(Cl)c2)no1. The first-order chi connectivity index (χ1) is 9.58. The molecule has 0 radical (unpaired) electrons. The van der Waals surface area contributed by atoms with Gasteiger partial charge in [0.15, 0.2) is 5.82 Å². The summed E-state index contributed by atoms with van der Waals surface area (Å²) >= 11 is 11.8. The number of hydrogen-bond donors (Lipinski definition) is 0. The quantitative estimate of drug-likeness (QED) is 0.793. The van der Waals surface area contributed by atoms with Gasteiger partial charge in [0.25, 0.3) is 0 Å². The first kappa shape index (κ1) is 14.8. The third-order valence-electron chi connectivity index (χ3n) is 2.46. The van der Waals surface area contributed by atoms with Crippen molar-refractivity contribution in [2.45, 2.75) is 19.8 Å². The molecular weight excluding hydrogens is 303 g/mol. The molecule has 0 bridgehead atoms. The van der Waals surface area contributed by atoms with Crippen LogP contribution in [-0.4, -0.2) is 22.7 Å². The van der Waals surface area contributed by atoms with Crippen LogP contribution in [0.15, 0.2) is 22.7 Å². The van der Waals surface area contributed by atoms with Crippen LogP contribution in [0, 0.1) is 0 Å². The van der Waals surface area contributed by atoms with Crippen molar-refractivity contribution in [1.29, 1.82) is 0 Å². The van der Waals surface area contributed by atoms with E-state index in [1.54, 1.807) is 19.1 Å². The standard InChI is InChI=1S/C13H12Cl2N2O3/c1-2-19-13(18)7-12-16-11(17-20-12)6-8-3-4-9(14)10(15)5-8/h3-5H,2,6-7H2,1H3. The predicted octanol–water partition coefficient (Wildman–Crippen LogP) is 3.07. The van der Waals surface area contributed by atoms with E-state index in [9.17, 15) is 4.79 Å². The summed E-state index contributed by atoms with van der Waals surface area (Å²) in [5, 5.41) is 4.77. The van der Waals surface area contributed by atoms with Crippen molar-refractivity contribution in [3.8, 4) is 0 Å². The molecule has 0 saturated carbocycles. The topological polar surface area (TPSA) is 65.2 Å². The smallest absolute Gasteiger partial charge is 0.315 e. The summed E-state index contributed by atoms with van der Waals surface area (Å²) in [6, 6.07) is 5.28. The minimum Gasteiger partial charge on any atom is -0.466 e. The summed E-state index contributed by atoms with van der Waals surface area (Å²) in [5.41, 5.74) is 0.905. The number of rotatable bonds is 5. The second-order valence-electron chi connectivity index (χ2n) is 4.01. The fourth-order valence-electron chi connectivity index (χ4n) is 1.60. The van der Waals surface area contributed by atoms with Crippen molar-refractivity contribution in [1.82, 2.24) is 10.1 Å². The van der Waals surface area contributed by atoms with E-state index < -0.39 is 5.97 Å². The third kappa shape index (κ3) is 3.95. The van der Waals surface area contributed by atoms with E-state index in [-0.39, 0.29) is 12.3 Å². The lowest BCUT2D eigenvalue weighted by atomic mass is 10.1. The van der Waals surface area contributed by atoms with Gasteiger partial charge in [0, 0.05) is 6.42 Å². The van der Waals surface area contributed by atoms with Crippen molar-refractivity contribution in [2.24, 2.45) is 0 Å². The van der Waals surface area contributed by atoms with Crippen molar-refractivity contribution >= 4 is 29.2 Å². The lowest BCUT2D eigenvalue weighted by Gasteiger charge is -1.99. The van der Waals surface area contributed by atoms with Crippen LogP contribution in [0.1, 0.15) is 24.2 Å². The van der Waals surface area contributed by atoms with E-state index in [0.29, 0.717) is 28.9 Å². The molecule has 0 amide bonds. The number of ether oxygens (including phenoxy) is 1. The minimum atomic E-state index is -0.391.